The molecule has 3 heteroatoms. The second-order valence-corrected chi connectivity index (χ2v) is 12.7. The molecule has 0 spiro atoms. The van der Waals surface area contributed by atoms with Crippen molar-refractivity contribution in [3.05, 3.63) is 188 Å². The van der Waals surface area contributed by atoms with Crippen molar-refractivity contribution in [3.8, 4) is 28.2 Å². The lowest BCUT2D eigenvalue weighted by Gasteiger charge is -2.15. The van der Waals surface area contributed by atoms with Crippen LogP contribution in [0.1, 0.15) is 12.3 Å². The highest BCUT2D eigenvalue weighted by atomic mass is 15.1. The number of hydrogen-bond acceptors (Lipinski definition) is 0. The largest absolute Gasteiger partial charge is 0.309 e. The Labute approximate surface area is 307 Å². The lowest BCUT2D eigenvalue weighted by Crippen LogP contribution is -2.01. The molecule has 0 aliphatic carbocycles. The number of aromatic nitrogens is 3. The maximum atomic E-state index is 9.48. The van der Waals surface area contributed by atoms with Gasteiger partial charge < -0.3 is 13.7 Å². The van der Waals surface area contributed by atoms with E-state index in [1.165, 1.54) is 10.8 Å². The van der Waals surface area contributed by atoms with E-state index in [1.54, 1.807) is 4.57 Å². The molecule has 51 heavy (non-hydrogen) atoms. The summed E-state index contributed by atoms with van der Waals surface area (Å²) < 4.78 is 85.6. The zero-order valence-electron chi connectivity index (χ0n) is 36.0. The van der Waals surface area contributed by atoms with E-state index >= 15 is 0 Å². The monoisotopic (exact) mass is 658 g/mol. The first-order chi connectivity index (χ1) is 29.1. The van der Waals surface area contributed by atoms with Crippen molar-refractivity contribution in [2.45, 2.75) is 0 Å². The van der Waals surface area contributed by atoms with Crippen LogP contribution >= 0.6 is 0 Å². The molecule has 11 rings (SSSR count). The van der Waals surface area contributed by atoms with Crippen LogP contribution < -0.4 is 0 Å². The van der Waals surface area contributed by atoms with Crippen LogP contribution in [-0.4, -0.2) is 13.7 Å². The molecule has 0 aliphatic rings. The minimum Gasteiger partial charge on any atom is -0.309 e. The topological polar surface area (TPSA) is 14.8 Å². The van der Waals surface area contributed by atoms with Crippen LogP contribution in [0.4, 0.5) is 0 Å². The summed E-state index contributed by atoms with van der Waals surface area (Å²) in [6, 6.07) is 40.3. The molecule has 0 aliphatic heterocycles. The van der Waals surface area contributed by atoms with E-state index in [0.29, 0.717) is 11.0 Å². The summed E-state index contributed by atoms with van der Waals surface area (Å²) in [6.45, 7) is 0. The SMILES string of the molecule is [2H]c1c([2H])c([2H])c(-c2c([2H])c([2H])c(-n3c4ccccc4c4cccc(-n5c6ccccc6c6cc(-n7c8ccccc8c8ccccc87)ccc65)c43)c([2H])c2[2H])c([2H])c1[2H]. The minimum atomic E-state index is -0.618. The second kappa shape index (κ2) is 10.8. The Bertz CT molecular complexity index is 3560. The molecule has 3 heterocycles. The summed E-state index contributed by atoms with van der Waals surface area (Å²) in [4.78, 5) is 0. The number of benzene rings is 8. The van der Waals surface area contributed by atoms with E-state index in [-0.39, 0.29) is 16.8 Å². The summed E-state index contributed by atoms with van der Waals surface area (Å²) in [5.74, 6) is 0. The fourth-order valence-electron chi connectivity index (χ4n) is 7.89. The predicted octanol–water partition coefficient (Wildman–Crippen LogP) is 12.6. The van der Waals surface area contributed by atoms with Crippen LogP contribution in [0.15, 0.2) is 188 Å². The van der Waals surface area contributed by atoms with Gasteiger partial charge in [-0.25, -0.2) is 0 Å². The van der Waals surface area contributed by atoms with Gasteiger partial charge in [-0.05, 0) is 71.7 Å². The van der Waals surface area contributed by atoms with E-state index in [9.17, 15) is 5.48 Å². The van der Waals surface area contributed by atoms with Crippen LogP contribution in [-0.2, 0) is 0 Å². The number of rotatable bonds is 4. The lowest BCUT2D eigenvalue weighted by molar-refractivity contribution is 1.13. The Morgan fingerprint density at radius 1 is 0.333 bits per heavy atom. The number of hydrogen-bond donors (Lipinski definition) is 0. The van der Waals surface area contributed by atoms with Crippen LogP contribution in [0.3, 0.4) is 0 Å². The molecule has 3 nitrogen and oxygen atoms in total. The van der Waals surface area contributed by atoms with Crippen LogP contribution in [0.5, 0.6) is 0 Å². The van der Waals surface area contributed by atoms with Crippen LogP contribution in [0.2, 0.25) is 0 Å². The first kappa shape index (κ1) is 20.6. The van der Waals surface area contributed by atoms with Gasteiger partial charge in [-0.1, -0.05) is 127 Å². The van der Waals surface area contributed by atoms with E-state index < -0.39 is 54.4 Å². The molecule has 0 bridgehead atoms. The molecule has 0 N–H and O–H groups in total. The molecule has 11 aromatic rings. The first-order valence-corrected chi connectivity index (χ1v) is 16.8. The molecule has 238 valence electrons. The highest BCUT2D eigenvalue weighted by Gasteiger charge is 2.21. The zero-order valence-corrected chi connectivity index (χ0v) is 27.0. The van der Waals surface area contributed by atoms with Crippen LogP contribution in [0.25, 0.3) is 93.6 Å². The van der Waals surface area contributed by atoms with Crippen molar-refractivity contribution in [1.29, 1.82) is 0 Å². The summed E-state index contributed by atoms with van der Waals surface area (Å²) in [5.41, 5.74) is 6.41. The second-order valence-electron chi connectivity index (χ2n) is 12.7. The molecule has 3 aromatic heterocycles. The van der Waals surface area contributed by atoms with Crippen LogP contribution in [0, 0.1) is 0 Å². The Hall–Kier alpha value is -6.84. The highest BCUT2D eigenvalue weighted by Crippen LogP contribution is 2.41. The standard InChI is InChI=1S/C48H31N3/c1-2-13-32(14-3-1)33-25-27-34(28-26-33)50-44-22-10-6-17-38(44)40-19-12-24-47(48(40)50)51-45-23-11-7-18-39(45)41-31-35(29-30-46(41)51)49-42-20-8-4-15-36(42)37-16-5-9-21-43(37)49/h1-31H/i1D,2D,3D,13D,14D,25D,26D,27D,28D. The van der Waals surface area contributed by atoms with Crippen molar-refractivity contribution in [2.75, 3.05) is 0 Å². The average Bonchev–Trinajstić information content (AvgIpc) is 3.91. The molecule has 8 aromatic carbocycles. The summed E-state index contributed by atoms with van der Waals surface area (Å²) in [6.07, 6.45) is 0. The van der Waals surface area contributed by atoms with E-state index in [1.807, 2.05) is 54.6 Å². The summed E-state index contributed by atoms with van der Waals surface area (Å²) in [7, 11) is 0. The quantitative estimate of drug-likeness (QED) is 0.179. The molecule has 0 unspecified atom stereocenters. The molecule has 0 fully saturated rings. The number of nitrogens with zero attached hydrogens (tertiary/aromatic N) is 3. The van der Waals surface area contributed by atoms with Gasteiger partial charge in [-0.15, -0.1) is 0 Å². The summed E-state index contributed by atoms with van der Waals surface area (Å²) >= 11 is 0. The van der Waals surface area contributed by atoms with Gasteiger partial charge in [0.05, 0.1) is 51.1 Å². The van der Waals surface area contributed by atoms with Gasteiger partial charge in [0.2, 0.25) is 0 Å². The minimum absolute atomic E-state index is 0.0193. The maximum absolute atomic E-state index is 9.48. The first-order valence-electron chi connectivity index (χ1n) is 21.3. The molecule has 0 amide bonds. The van der Waals surface area contributed by atoms with Gasteiger partial charge in [-0.3, -0.25) is 0 Å². The van der Waals surface area contributed by atoms with Gasteiger partial charge in [0, 0.05) is 43.7 Å². The van der Waals surface area contributed by atoms with E-state index in [4.69, 9.17) is 6.85 Å². The van der Waals surface area contributed by atoms with Crippen molar-refractivity contribution < 1.29 is 12.3 Å². The van der Waals surface area contributed by atoms with E-state index in [0.717, 1.165) is 55.0 Å². The zero-order chi connectivity index (χ0) is 41.3. The maximum Gasteiger partial charge on any atom is 0.0782 e. The average molecular weight is 659 g/mol. The van der Waals surface area contributed by atoms with Gasteiger partial charge in [0.1, 0.15) is 0 Å². The Kier molecular flexibility index (Phi) is 4.38. The third kappa shape index (κ3) is 4.06. The molecule has 0 saturated carbocycles. The highest BCUT2D eigenvalue weighted by molar-refractivity contribution is 6.16. The Balaban J connectivity index is 1.22. The molecular weight excluding hydrogens is 619 g/mol. The molecular formula is C48H31N3. The summed E-state index contributed by atoms with van der Waals surface area (Å²) in [5, 5.41) is 6.08. The van der Waals surface area contributed by atoms with E-state index in [2.05, 4.69) is 88.0 Å². The van der Waals surface area contributed by atoms with Crippen molar-refractivity contribution in [1.82, 2.24) is 13.7 Å². The van der Waals surface area contributed by atoms with Crippen molar-refractivity contribution >= 4 is 65.4 Å². The fraction of sp³-hybridized carbons (Fsp3) is 0. The third-order valence-electron chi connectivity index (χ3n) is 9.99. The normalized spacial score (nSPS) is 14.4. The van der Waals surface area contributed by atoms with Gasteiger partial charge in [0.15, 0.2) is 0 Å². The third-order valence-corrected chi connectivity index (χ3v) is 9.99. The van der Waals surface area contributed by atoms with Gasteiger partial charge in [0.25, 0.3) is 0 Å². The van der Waals surface area contributed by atoms with Gasteiger partial charge >= 0.3 is 0 Å². The van der Waals surface area contributed by atoms with Gasteiger partial charge in [-0.2, -0.15) is 0 Å². The lowest BCUT2D eigenvalue weighted by atomic mass is 10.1. The molecule has 0 saturated heterocycles. The number of para-hydroxylation sites is 5. The predicted molar refractivity (Wildman–Crippen MR) is 215 cm³/mol. The van der Waals surface area contributed by atoms with Crippen molar-refractivity contribution in [2.24, 2.45) is 0 Å². The smallest absolute Gasteiger partial charge is 0.0782 e. The Morgan fingerprint density at radius 3 is 1.47 bits per heavy atom. The number of fused-ring (bicyclic) bond motifs is 9. The molecule has 0 radical (unpaired) electrons. The Morgan fingerprint density at radius 2 is 0.824 bits per heavy atom. The van der Waals surface area contributed by atoms with Crippen molar-refractivity contribution in [3.63, 3.8) is 0 Å². The fourth-order valence-corrected chi connectivity index (χ4v) is 7.89. The molecule has 0 atom stereocenters.